The monoisotopic (exact) mass is 466 g/mol. The summed E-state index contributed by atoms with van der Waals surface area (Å²) in [6.45, 7) is 2.46. The Balaban J connectivity index is 1.76. The highest BCUT2D eigenvalue weighted by molar-refractivity contribution is 7.15. The molecule has 12 heteroatoms. The van der Waals surface area contributed by atoms with Crippen molar-refractivity contribution in [2.45, 2.75) is 13.8 Å². The van der Waals surface area contributed by atoms with Crippen LogP contribution in [0.1, 0.15) is 19.4 Å². The van der Waals surface area contributed by atoms with E-state index in [2.05, 4.69) is 10.1 Å². The molecular formula is C21H14N4O7S. The van der Waals surface area contributed by atoms with E-state index < -0.39 is 22.4 Å². The van der Waals surface area contributed by atoms with Crippen LogP contribution in [0.5, 0.6) is 11.5 Å². The molecule has 0 bridgehead atoms. The summed E-state index contributed by atoms with van der Waals surface area (Å²) in [7, 11) is 0. The zero-order valence-electron chi connectivity index (χ0n) is 17.2. The van der Waals surface area contributed by atoms with Gasteiger partial charge in [0.1, 0.15) is 11.5 Å². The van der Waals surface area contributed by atoms with Gasteiger partial charge >= 0.3 is 11.9 Å². The first kappa shape index (κ1) is 21.8. The van der Waals surface area contributed by atoms with E-state index in [1.807, 2.05) is 0 Å². The molecule has 0 unspecified atom stereocenters. The molecule has 0 spiro atoms. The largest absolute Gasteiger partial charge is 0.427 e. The van der Waals surface area contributed by atoms with Crippen molar-refractivity contribution in [2.24, 2.45) is 0 Å². The van der Waals surface area contributed by atoms with Crippen molar-refractivity contribution in [3.63, 3.8) is 0 Å². The molecule has 2 aromatic heterocycles. The molecule has 4 rings (SSSR count). The highest BCUT2D eigenvalue weighted by Gasteiger charge is 2.15. The minimum absolute atomic E-state index is 0.108. The standard InChI is InChI=1S/C21H14N4O7S/c1-11(26)31-16-7-6-13(17(10-16)32-12(2)27)9-18-20(28)24-21(33-18)22-19(23-24)14-4-3-5-15(8-14)25(29)30/h3-10H,1-2H3/b18-9+. The van der Waals surface area contributed by atoms with Gasteiger partial charge in [-0.15, -0.1) is 5.10 Å². The second-order valence-corrected chi connectivity index (χ2v) is 7.75. The Morgan fingerprint density at radius 3 is 2.55 bits per heavy atom. The summed E-state index contributed by atoms with van der Waals surface area (Å²) in [4.78, 5) is 50.6. The third-order valence-electron chi connectivity index (χ3n) is 4.28. The van der Waals surface area contributed by atoms with Crippen molar-refractivity contribution in [1.82, 2.24) is 14.6 Å². The van der Waals surface area contributed by atoms with Crippen molar-refractivity contribution in [1.29, 1.82) is 0 Å². The first-order valence-corrected chi connectivity index (χ1v) is 10.2. The molecule has 166 valence electrons. The summed E-state index contributed by atoms with van der Waals surface area (Å²) < 4.78 is 11.6. The van der Waals surface area contributed by atoms with E-state index in [1.54, 1.807) is 12.1 Å². The molecule has 0 aliphatic rings. The number of carbonyl (C=O) groups excluding carboxylic acids is 2. The Kier molecular flexibility index (Phi) is 5.67. The molecule has 0 fully saturated rings. The highest BCUT2D eigenvalue weighted by Crippen LogP contribution is 2.26. The molecule has 11 nitrogen and oxygen atoms in total. The van der Waals surface area contributed by atoms with Crippen LogP contribution >= 0.6 is 11.3 Å². The number of fused-ring (bicyclic) bond motifs is 1. The van der Waals surface area contributed by atoms with Crippen LogP contribution in [0.3, 0.4) is 0 Å². The number of non-ortho nitro benzene ring substituents is 1. The number of nitro benzene ring substituents is 1. The summed E-state index contributed by atoms with van der Waals surface area (Å²) in [5.74, 6) is -0.650. The fourth-order valence-electron chi connectivity index (χ4n) is 2.96. The normalized spacial score (nSPS) is 11.5. The van der Waals surface area contributed by atoms with Crippen LogP contribution in [0.25, 0.3) is 22.4 Å². The number of benzene rings is 2. The Hall–Kier alpha value is -4.45. The number of aromatic nitrogens is 3. The SMILES string of the molecule is CC(=O)Oc1ccc(/C=c2/sc3nc(-c4cccc([N+](=O)[O-])c4)nn3c2=O)c(OC(C)=O)c1. The molecular weight excluding hydrogens is 452 g/mol. The molecule has 0 atom stereocenters. The number of thiazole rings is 1. The van der Waals surface area contributed by atoms with Crippen LogP contribution in [0.15, 0.2) is 47.3 Å². The topological polar surface area (TPSA) is 143 Å². The van der Waals surface area contributed by atoms with Crippen LogP contribution in [0.2, 0.25) is 0 Å². The Morgan fingerprint density at radius 2 is 1.88 bits per heavy atom. The lowest BCUT2D eigenvalue weighted by Crippen LogP contribution is -2.23. The summed E-state index contributed by atoms with van der Waals surface area (Å²) in [5.41, 5.74) is 0.235. The molecule has 0 N–H and O–H groups in total. The fraction of sp³-hybridized carbons (Fsp3) is 0.0952. The molecule has 0 amide bonds. The van der Waals surface area contributed by atoms with Gasteiger partial charge in [0.2, 0.25) is 4.96 Å². The van der Waals surface area contributed by atoms with Crippen LogP contribution < -0.4 is 19.6 Å². The first-order valence-electron chi connectivity index (χ1n) is 9.38. The van der Waals surface area contributed by atoms with Gasteiger partial charge in [0, 0.05) is 43.2 Å². The third-order valence-corrected chi connectivity index (χ3v) is 5.24. The van der Waals surface area contributed by atoms with Crippen LogP contribution in [0, 0.1) is 10.1 Å². The maximum atomic E-state index is 12.9. The van der Waals surface area contributed by atoms with Gasteiger partial charge in [0.15, 0.2) is 5.82 Å². The predicted octanol–water partition coefficient (Wildman–Crippen LogP) is 2.12. The van der Waals surface area contributed by atoms with Crippen LogP contribution in [-0.2, 0) is 9.59 Å². The smallest absolute Gasteiger partial charge is 0.308 e. The number of nitrogens with zero attached hydrogens (tertiary/aromatic N) is 4. The van der Waals surface area contributed by atoms with Crippen molar-refractivity contribution >= 4 is 40.0 Å². The Bertz CT molecular complexity index is 1540. The molecule has 0 saturated carbocycles. The predicted molar refractivity (Wildman–Crippen MR) is 117 cm³/mol. The lowest BCUT2D eigenvalue weighted by atomic mass is 10.2. The Morgan fingerprint density at radius 1 is 1.12 bits per heavy atom. The van der Waals surface area contributed by atoms with Gasteiger partial charge < -0.3 is 9.47 Å². The fourth-order valence-corrected chi connectivity index (χ4v) is 3.86. The molecule has 33 heavy (non-hydrogen) atoms. The number of ether oxygens (including phenoxy) is 2. The summed E-state index contributed by atoms with van der Waals surface area (Å²) in [6, 6.07) is 10.2. The minimum atomic E-state index is -0.587. The average Bonchev–Trinajstić information content (AvgIpc) is 3.29. The van der Waals surface area contributed by atoms with E-state index in [-0.39, 0.29) is 27.5 Å². The maximum absolute atomic E-state index is 12.9. The zero-order valence-corrected chi connectivity index (χ0v) is 18.0. The molecule has 0 saturated heterocycles. The molecule has 0 aliphatic heterocycles. The van der Waals surface area contributed by atoms with E-state index in [0.29, 0.717) is 16.1 Å². The van der Waals surface area contributed by atoms with E-state index >= 15 is 0 Å². The van der Waals surface area contributed by atoms with Crippen LogP contribution in [0.4, 0.5) is 5.69 Å². The van der Waals surface area contributed by atoms with Gasteiger partial charge in [0.05, 0.1) is 9.46 Å². The molecule has 2 heterocycles. The molecule has 0 radical (unpaired) electrons. The highest BCUT2D eigenvalue weighted by atomic mass is 32.1. The van der Waals surface area contributed by atoms with Crippen molar-refractivity contribution < 1.29 is 24.0 Å². The molecule has 4 aromatic rings. The second kappa shape index (κ2) is 8.59. The number of rotatable bonds is 5. The van der Waals surface area contributed by atoms with Gasteiger partial charge in [-0.2, -0.15) is 9.50 Å². The second-order valence-electron chi connectivity index (χ2n) is 6.74. The van der Waals surface area contributed by atoms with Gasteiger partial charge in [-0.05, 0) is 18.2 Å². The first-order chi connectivity index (χ1) is 15.7. The summed E-state index contributed by atoms with van der Waals surface area (Å²) >= 11 is 1.05. The van der Waals surface area contributed by atoms with Gasteiger partial charge in [-0.25, -0.2) is 0 Å². The number of esters is 2. The maximum Gasteiger partial charge on any atom is 0.308 e. The van der Waals surface area contributed by atoms with E-state index in [0.717, 1.165) is 15.9 Å². The number of carbonyl (C=O) groups is 2. The lowest BCUT2D eigenvalue weighted by Gasteiger charge is -2.08. The van der Waals surface area contributed by atoms with Gasteiger partial charge in [-0.1, -0.05) is 23.5 Å². The summed E-state index contributed by atoms with van der Waals surface area (Å²) in [5, 5.41) is 15.2. The van der Waals surface area contributed by atoms with E-state index in [1.165, 1.54) is 50.3 Å². The van der Waals surface area contributed by atoms with Crippen LogP contribution in [-0.4, -0.2) is 31.5 Å². The average molecular weight is 466 g/mol. The Labute approximate surface area is 188 Å². The zero-order chi connectivity index (χ0) is 23.7. The number of hydrogen-bond acceptors (Lipinski definition) is 10. The molecule has 0 aliphatic carbocycles. The van der Waals surface area contributed by atoms with E-state index in [4.69, 9.17) is 9.47 Å². The van der Waals surface area contributed by atoms with Crippen molar-refractivity contribution in [3.8, 4) is 22.9 Å². The number of hydrogen-bond donors (Lipinski definition) is 0. The van der Waals surface area contributed by atoms with Gasteiger partial charge in [-0.3, -0.25) is 24.5 Å². The third kappa shape index (κ3) is 4.60. The van der Waals surface area contributed by atoms with Crippen molar-refractivity contribution in [3.05, 3.63) is 73.0 Å². The van der Waals surface area contributed by atoms with Crippen molar-refractivity contribution in [2.75, 3.05) is 0 Å². The summed E-state index contributed by atoms with van der Waals surface area (Å²) in [6.07, 6.45) is 1.51. The van der Waals surface area contributed by atoms with E-state index in [9.17, 15) is 24.5 Å². The number of nitro groups is 1. The quantitative estimate of drug-likeness (QED) is 0.187. The minimum Gasteiger partial charge on any atom is -0.427 e. The molecule has 2 aromatic carbocycles. The lowest BCUT2D eigenvalue weighted by molar-refractivity contribution is -0.384. The van der Waals surface area contributed by atoms with Gasteiger partial charge in [0.25, 0.3) is 11.2 Å².